The summed E-state index contributed by atoms with van der Waals surface area (Å²) in [4.78, 5) is 8.11. The van der Waals surface area contributed by atoms with Gasteiger partial charge >= 0.3 is 0 Å². The third-order valence-corrected chi connectivity index (χ3v) is 2.77. The lowest BCUT2D eigenvalue weighted by Crippen LogP contribution is -2.37. The average molecular weight is 177 g/mol. The Kier molecular flexibility index (Phi) is 2.54. The SMILES string of the molecule is CC1NCCCC1c1cncnc1. The van der Waals surface area contributed by atoms with Crippen molar-refractivity contribution in [1.29, 1.82) is 0 Å². The minimum atomic E-state index is 0.555. The molecule has 0 amide bonds. The molecule has 0 bridgehead atoms. The fraction of sp³-hybridized carbons (Fsp3) is 0.600. The molecule has 1 aromatic rings. The second-order valence-corrected chi connectivity index (χ2v) is 3.66. The quantitative estimate of drug-likeness (QED) is 0.703. The summed E-state index contributed by atoms with van der Waals surface area (Å²) in [6.07, 6.45) is 7.96. The molecular formula is C10H15N3. The van der Waals surface area contributed by atoms with E-state index in [0.29, 0.717) is 12.0 Å². The summed E-state index contributed by atoms with van der Waals surface area (Å²) >= 11 is 0. The Hall–Kier alpha value is -0.960. The summed E-state index contributed by atoms with van der Waals surface area (Å²) in [6, 6.07) is 0.555. The molecule has 2 atom stereocenters. The van der Waals surface area contributed by atoms with Crippen LogP contribution in [0.15, 0.2) is 18.7 Å². The standard InChI is InChI=1S/C10H15N3/c1-8-10(3-2-4-13-8)9-5-11-7-12-6-9/h5-8,10,13H,2-4H2,1H3. The van der Waals surface area contributed by atoms with Crippen LogP contribution < -0.4 is 5.32 Å². The number of nitrogens with zero attached hydrogens (tertiary/aromatic N) is 2. The van der Waals surface area contributed by atoms with Gasteiger partial charge < -0.3 is 5.32 Å². The molecule has 1 aliphatic heterocycles. The van der Waals surface area contributed by atoms with Crippen LogP contribution >= 0.6 is 0 Å². The van der Waals surface area contributed by atoms with Crippen LogP contribution in [-0.4, -0.2) is 22.6 Å². The summed E-state index contributed by atoms with van der Waals surface area (Å²) in [6.45, 7) is 3.38. The van der Waals surface area contributed by atoms with E-state index in [0.717, 1.165) is 6.54 Å². The van der Waals surface area contributed by atoms with E-state index in [1.165, 1.54) is 18.4 Å². The number of hydrogen-bond donors (Lipinski definition) is 1. The molecule has 0 aromatic carbocycles. The third-order valence-electron chi connectivity index (χ3n) is 2.77. The molecule has 2 rings (SSSR count). The van der Waals surface area contributed by atoms with Gasteiger partial charge in [-0.2, -0.15) is 0 Å². The summed E-state index contributed by atoms with van der Waals surface area (Å²) in [7, 11) is 0. The molecule has 0 radical (unpaired) electrons. The van der Waals surface area contributed by atoms with Gasteiger partial charge in [0.25, 0.3) is 0 Å². The van der Waals surface area contributed by atoms with Gasteiger partial charge in [-0.3, -0.25) is 0 Å². The first-order valence-corrected chi connectivity index (χ1v) is 4.86. The van der Waals surface area contributed by atoms with E-state index in [1.54, 1.807) is 6.33 Å². The van der Waals surface area contributed by atoms with Crippen LogP contribution in [0.4, 0.5) is 0 Å². The Morgan fingerprint density at radius 3 is 2.85 bits per heavy atom. The zero-order valence-corrected chi connectivity index (χ0v) is 7.90. The van der Waals surface area contributed by atoms with Gasteiger partial charge in [0.15, 0.2) is 0 Å². The Balaban J connectivity index is 2.15. The highest BCUT2D eigenvalue weighted by Gasteiger charge is 2.22. The molecule has 3 nitrogen and oxygen atoms in total. The summed E-state index contributed by atoms with van der Waals surface area (Å²) in [5.41, 5.74) is 1.27. The van der Waals surface area contributed by atoms with E-state index in [9.17, 15) is 0 Å². The van der Waals surface area contributed by atoms with E-state index in [2.05, 4.69) is 22.2 Å². The van der Waals surface area contributed by atoms with Crippen LogP contribution in [0.1, 0.15) is 31.2 Å². The second-order valence-electron chi connectivity index (χ2n) is 3.66. The molecule has 0 saturated carbocycles. The fourth-order valence-electron chi connectivity index (χ4n) is 2.00. The van der Waals surface area contributed by atoms with Crippen LogP contribution in [0.25, 0.3) is 0 Å². The van der Waals surface area contributed by atoms with Crippen molar-refractivity contribution in [3.63, 3.8) is 0 Å². The number of aromatic nitrogens is 2. The topological polar surface area (TPSA) is 37.8 Å². The van der Waals surface area contributed by atoms with Gasteiger partial charge in [0.05, 0.1) is 0 Å². The van der Waals surface area contributed by atoms with Crippen molar-refractivity contribution in [3.8, 4) is 0 Å². The van der Waals surface area contributed by atoms with Crippen LogP contribution in [0.3, 0.4) is 0 Å². The lowest BCUT2D eigenvalue weighted by atomic mass is 9.87. The molecular weight excluding hydrogens is 162 g/mol. The van der Waals surface area contributed by atoms with E-state index in [4.69, 9.17) is 0 Å². The highest BCUT2D eigenvalue weighted by Crippen LogP contribution is 2.26. The van der Waals surface area contributed by atoms with Gasteiger partial charge in [-0.1, -0.05) is 0 Å². The Morgan fingerprint density at radius 2 is 2.15 bits per heavy atom. The maximum atomic E-state index is 4.06. The molecule has 3 heteroatoms. The van der Waals surface area contributed by atoms with Gasteiger partial charge in [-0.25, -0.2) is 9.97 Å². The van der Waals surface area contributed by atoms with E-state index >= 15 is 0 Å². The molecule has 13 heavy (non-hydrogen) atoms. The molecule has 1 saturated heterocycles. The zero-order valence-electron chi connectivity index (χ0n) is 7.90. The van der Waals surface area contributed by atoms with Crippen LogP contribution in [0, 0.1) is 0 Å². The molecule has 1 N–H and O–H groups in total. The highest BCUT2D eigenvalue weighted by atomic mass is 14.9. The molecule has 0 aliphatic carbocycles. The highest BCUT2D eigenvalue weighted by molar-refractivity contribution is 5.13. The fourth-order valence-corrected chi connectivity index (χ4v) is 2.00. The first-order chi connectivity index (χ1) is 6.38. The van der Waals surface area contributed by atoms with E-state index in [1.807, 2.05) is 12.4 Å². The second kappa shape index (κ2) is 3.83. The molecule has 70 valence electrons. The summed E-state index contributed by atoms with van der Waals surface area (Å²) in [5, 5.41) is 3.47. The number of rotatable bonds is 1. The summed E-state index contributed by atoms with van der Waals surface area (Å²) in [5.74, 6) is 0.593. The van der Waals surface area contributed by atoms with Gasteiger partial charge in [0, 0.05) is 24.4 Å². The maximum absolute atomic E-state index is 4.06. The monoisotopic (exact) mass is 177 g/mol. The molecule has 1 aromatic heterocycles. The number of piperidine rings is 1. The minimum Gasteiger partial charge on any atom is -0.314 e. The van der Waals surface area contributed by atoms with Gasteiger partial charge in [-0.05, 0) is 31.9 Å². The lowest BCUT2D eigenvalue weighted by molar-refractivity contribution is 0.370. The van der Waals surface area contributed by atoms with Crippen LogP contribution in [0.2, 0.25) is 0 Å². The van der Waals surface area contributed by atoms with Gasteiger partial charge in [-0.15, -0.1) is 0 Å². The first kappa shape index (κ1) is 8.63. The lowest BCUT2D eigenvalue weighted by Gasteiger charge is -2.29. The Bertz CT molecular complexity index is 260. The zero-order chi connectivity index (χ0) is 9.10. The Morgan fingerprint density at radius 1 is 1.38 bits per heavy atom. The van der Waals surface area contributed by atoms with Crippen molar-refractivity contribution >= 4 is 0 Å². The average Bonchev–Trinajstić information content (AvgIpc) is 2.20. The van der Waals surface area contributed by atoms with Crippen LogP contribution in [-0.2, 0) is 0 Å². The van der Waals surface area contributed by atoms with Crippen molar-refractivity contribution in [2.24, 2.45) is 0 Å². The number of hydrogen-bond acceptors (Lipinski definition) is 3. The van der Waals surface area contributed by atoms with Gasteiger partial charge in [0.1, 0.15) is 6.33 Å². The van der Waals surface area contributed by atoms with Gasteiger partial charge in [0.2, 0.25) is 0 Å². The molecule has 2 unspecified atom stereocenters. The predicted molar refractivity (Wildman–Crippen MR) is 51.5 cm³/mol. The smallest absolute Gasteiger partial charge is 0.115 e. The number of nitrogens with one attached hydrogen (secondary N) is 1. The minimum absolute atomic E-state index is 0.555. The third kappa shape index (κ3) is 1.86. The van der Waals surface area contributed by atoms with Crippen molar-refractivity contribution in [2.75, 3.05) is 6.54 Å². The summed E-state index contributed by atoms with van der Waals surface area (Å²) < 4.78 is 0. The van der Waals surface area contributed by atoms with Crippen molar-refractivity contribution in [2.45, 2.75) is 31.7 Å². The molecule has 2 heterocycles. The maximum Gasteiger partial charge on any atom is 0.115 e. The first-order valence-electron chi connectivity index (χ1n) is 4.86. The van der Waals surface area contributed by atoms with E-state index in [-0.39, 0.29) is 0 Å². The van der Waals surface area contributed by atoms with Crippen molar-refractivity contribution in [1.82, 2.24) is 15.3 Å². The van der Waals surface area contributed by atoms with Crippen LogP contribution in [0.5, 0.6) is 0 Å². The predicted octanol–water partition coefficient (Wildman–Crippen LogP) is 1.33. The molecule has 0 spiro atoms. The Labute approximate surface area is 78.6 Å². The molecule has 1 aliphatic rings. The molecule has 1 fully saturated rings. The van der Waals surface area contributed by atoms with Crippen molar-refractivity contribution in [3.05, 3.63) is 24.3 Å². The normalized spacial score (nSPS) is 28.7. The van der Waals surface area contributed by atoms with Crippen molar-refractivity contribution < 1.29 is 0 Å². The van der Waals surface area contributed by atoms with E-state index < -0.39 is 0 Å². The largest absolute Gasteiger partial charge is 0.314 e.